The Labute approximate surface area is 114 Å². The molecule has 1 fully saturated rings. The van der Waals surface area contributed by atoms with Gasteiger partial charge >= 0.3 is 5.97 Å². The number of rotatable bonds is 3. The summed E-state index contributed by atoms with van der Waals surface area (Å²) in [5.41, 5.74) is 8.39. The minimum absolute atomic E-state index is 0.274. The van der Waals surface area contributed by atoms with E-state index in [-0.39, 0.29) is 11.8 Å². The van der Waals surface area contributed by atoms with Crippen molar-refractivity contribution in [3.05, 3.63) is 22.9 Å². The molecule has 0 unspecified atom stereocenters. The van der Waals surface area contributed by atoms with Crippen LogP contribution in [0.3, 0.4) is 0 Å². The second-order valence-corrected chi connectivity index (χ2v) is 5.15. The van der Waals surface area contributed by atoms with E-state index in [0.29, 0.717) is 18.1 Å². The normalized spacial score (nSPS) is 16.3. The van der Waals surface area contributed by atoms with E-state index in [1.54, 1.807) is 6.92 Å². The van der Waals surface area contributed by atoms with Crippen molar-refractivity contribution in [2.24, 2.45) is 0 Å². The molecule has 1 aliphatic carbocycles. The number of pyridine rings is 1. The summed E-state index contributed by atoms with van der Waals surface area (Å²) in [4.78, 5) is 16.2. The Hall–Kier alpha value is -1.58. The Morgan fingerprint density at radius 1 is 1.42 bits per heavy atom. The number of esters is 1. The van der Waals surface area contributed by atoms with E-state index < -0.39 is 0 Å². The lowest BCUT2D eigenvalue weighted by molar-refractivity contribution is 0.0526. The van der Waals surface area contributed by atoms with Crippen molar-refractivity contribution < 1.29 is 9.53 Å². The SMILES string of the molecule is CCOC(=O)c1c(N)ncc(C2CCCCC2)c1C. The molecule has 1 aromatic heterocycles. The molecule has 2 rings (SSSR count). The minimum Gasteiger partial charge on any atom is -0.462 e. The molecule has 104 valence electrons. The van der Waals surface area contributed by atoms with Crippen molar-refractivity contribution in [1.82, 2.24) is 4.98 Å². The number of carbonyl (C=O) groups is 1. The third-order valence-corrected chi connectivity index (χ3v) is 3.93. The van der Waals surface area contributed by atoms with Crippen LogP contribution in [0.25, 0.3) is 0 Å². The smallest absolute Gasteiger partial charge is 0.342 e. The molecule has 0 radical (unpaired) electrons. The van der Waals surface area contributed by atoms with Gasteiger partial charge in [-0.3, -0.25) is 0 Å². The standard InChI is InChI=1S/C15H22N2O2/c1-3-19-15(18)13-10(2)12(9-17-14(13)16)11-7-5-4-6-8-11/h9,11H,3-8H2,1-2H3,(H2,16,17). The summed E-state index contributed by atoms with van der Waals surface area (Å²) >= 11 is 0. The topological polar surface area (TPSA) is 65.2 Å². The van der Waals surface area contributed by atoms with Gasteiger partial charge < -0.3 is 10.5 Å². The molecular weight excluding hydrogens is 240 g/mol. The van der Waals surface area contributed by atoms with Crippen LogP contribution in [0.5, 0.6) is 0 Å². The van der Waals surface area contributed by atoms with E-state index in [2.05, 4.69) is 4.98 Å². The maximum Gasteiger partial charge on any atom is 0.342 e. The lowest BCUT2D eigenvalue weighted by Crippen LogP contribution is -2.15. The molecule has 1 heterocycles. The van der Waals surface area contributed by atoms with Gasteiger partial charge in [0.15, 0.2) is 0 Å². The van der Waals surface area contributed by atoms with Gasteiger partial charge in [-0.1, -0.05) is 19.3 Å². The average Bonchev–Trinajstić information content (AvgIpc) is 2.40. The summed E-state index contributed by atoms with van der Waals surface area (Å²) in [6, 6.07) is 0. The fourth-order valence-corrected chi connectivity index (χ4v) is 2.92. The van der Waals surface area contributed by atoms with Crippen LogP contribution in [-0.2, 0) is 4.74 Å². The molecule has 4 heteroatoms. The number of aromatic nitrogens is 1. The number of hydrogen-bond donors (Lipinski definition) is 1. The minimum atomic E-state index is -0.359. The van der Waals surface area contributed by atoms with Crippen LogP contribution in [0.4, 0.5) is 5.82 Å². The maximum absolute atomic E-state index is 12.0. The van der Waals surface area contributed by atoms with E-state index in [0.717, 1.165) is 11.1 Å². The molecule has 0 spiro atoms. The quantitative estimate of drug-likeness (QED) is 0.849. The van der Waals surface area contributed by atoms with Gasteiger partial charge in [-0.05, 0) is 43.7 Å². The van der Waals surface area contributed by atoms with Crippen molar-refractivity contribution in [1.29, 1.82) is 0 Å². The van der Waals surface area contributed by atoms with Gasteiger partial charge in [0.25, 0.3) is 0 Å². The first-order valence-corrected chi connectivity index (χ1v) is 7.07. The molecule has 0 aliphatic heterocycles. The second-order valence-electron chi connectivity index (χ2n) is 5.15. The first-order chi connectivity index (χ1) is 9.15. The van der Waals surface area contributed by atoms with Crippen LogP contribution >= 0.6 is 0 Å². The third kappa shape index (κ3) is 2.88. The summed E-state index contributed by atoms with van der Waals surface area (Å²) in [6.07, 6.45) is 8.00. The predicted molar refractivity (Wildman–Crippen MR) is 75.2 cm³/mol. The predicted octanol–water partition coefficient (Wildman–Crippen LogP) is 3.20. The van der Waals surface area contributed by atoms with Gasteiger partial charge in [0.2, 0.25) is 0 Å². The van der Waals surface area contributed by atoms with Gasteiger partial charge in [0, 0.05) is 6.20 Å². The van der Waals surface area contributed by atoms with Crippen molar-refractivity contribution in [3.8, 4) is 0 Å². The Kier molecular flexibility index (Phi) is 4.40. The lowest BCUT2D eigenvalue weighted by atomic mass is 9.82. The Balaban J connectivity index is 2.35. The molecular formula is C15H22N2O2. The zero-order chi connectivity index (χ0) is 13.8. The van der Waals surface area contributed by atoms with Gasteiger partial charge in [-0.25, -0.2) is 9.78 Å². The van der Waals surface area contributed by atoms with E-state index >= 15 is 0 Å². The number of hydrogen-bond acceptors (Lipinski definition) is 4. The van der Waals surface area contributed by atoms with Crippen LogP contribution in [0, 0.1) is 6.92 Å². The average molecular weight is 262 g/mol. The maximum atomic E-state index is 12.0. The second kappa shape index (κ2) is 6.04. The number of ether oxygens (including phenoxy) is 1. The monoisotopic (exact) mass is 262 g/mol. The molecule has 0 aromatic carbocycles. The zero-order valence-electron chi connectivity index (χ0n) is 11.7. The summed E-state index contributed by atoms with van der Waals surface area (Å²) in [5.74, 6) is 0.424. The van der Waals surface area contributed by atoms with Gasteiger partial charge in [0.1, 0.15) is 11.4 Å². The van der Waals surface area contributed by atoms with Crippen LogP contribution < -0.4 is 5.73 Å². The molecule has 0 amide bonds. The molecule has 0 bridgehead atoms. The first kappa shape index (κ1) is 13.8. The summed E-state index contributed by atoms with van der Waals surface area (Å²) in [6.45, 7) is 4.10. The highest BCUT2D eigenvalue weighted by Crippen LogP contribution is 2.35. The molecule has 4 nitrogen and oxygen atoms in total. The van der Waals surface area contributed by atoms with Crippen LogP contribution in [0.2, 0.25) is 0 Å². The summed E-state index contributed by atoms with van der Waals surface area (Å²) in [7, 11) is 0. The fraction of sp³-hybridized carbons (Fsp3) is 0.600. The molecule has 2 N–H and O–H groups in total. The van der Waals surface area contributed by atoms with Crippen LogP contribution in [-0.4, -0.2) is 17.6 Å². The largest absolute Gasteiger partial charge is 0.462 e. The highest BCUT2D eigenvalue weighted by molar-refractivity contribution is 5.96. The Morgan fingerprint density at radius 3 is 2.74 bits per heavy atom. The molecule has 0 saturated heterocycles. The van der Waals surface area contributed by atoms with E-state index in [1.165, 1.54) is 32.1 Å². The number of nitrogen functional groups attached to an aromatic ring is 1. The van der Waals surface area contributed by atoms with E-state index in [1.807, 2.05) is 13.1 Å². The van der Waals surface area contributed by atoms with E-state index in [9.17, 15) is 4.79 Å². The van der Waals surface area contributed by atoms with Crippen molar-refractivity contribution in [2.75, 3.05) is 12.3 Å². The molecule has 1 aromatic rings. The third-order valence-electron chi connectivity index (χ3n) is 3.93. The summed E-state index contributed by atoms with van der Waals surface area (Å²) < 4.78 is 5.07. The van der Waals surface area contributed by atoms with Crippen molar-refractivity contribution in [3.63, 3.8) is 0 Å². The van der Waals surface area contributed by atoms with Crippen molar-refractivity contribution >= 4 is 11.8 Å². The number of nitrogens with two attached hydrogens (primary N) is 1. The molecule has 0 atom stereocenters. The van der Waals surface area contributed by atoms with Crippen LogP contribution in [0.15, 0.2) is 6.20 Å². The first-order valence-electron chi connectivity index (χ1n) is 7.07. The van der Waals surface area contributed by atoms with Gasteiger partial charge in [0.05, 0.1) is 6.61 Å². The fourth-order valence-electron chi connectivity index (χ4n) is 2.92. The van der Waals surface area contributed by atoms with Gasteiger partial charge in [-0.2, -0.15) is 0 Å². The van der Waals surface area contributed by atoms with E-state index in [4.69, 9.17) is 10.5 Å². The highest BCUT2D eigenvalue weighted by atomic mass is 16.5. The zero-order valence-corrected chi connectivity index (χ0v) is 11.7. The highest BCUT2D eigenvalue weighted by Gasteiger charge is 2.23. The number of nitrogens with zero attached hydrogens (tertiary/aromatic N) is 1. The van der Waals surface area contributed by atoms with Crippen LogP contribution in [0.1, 0.15) is 66.4 Å². The van der Waals surface area contributed by atoms with Crippen molar-refractivity contribution in [2.45, 2.75) is 51.9 Å². The number of carbonyl (C=O) groups excluding carboxylic acids is 1. The molecule has 1 aliphatic rings. The Morgan fingerprint density at radius 2 is 2.11 bits per heavy atom. The number of anilines is 1. The molecule has 1 saturated carbocycles. The molecule has 19 heavy (non-hydrogen) atoms. The summed E-state index contributed by atoms with van der Waals surface area (Å²) in [5, 5.41) is 0. The Bertz CT molecular complexity index is 465. The lowest BCUT2D eigenvalue weighted by Gasteiger charge is -2.24. The van der Waals surface area contributed by atoms with Gasteiger partial charge in [-0.15, -0.1) is 0 Å².